The number of hydrogen-bond acceptors (Lipinski definition) is 5. The van der Waals surface area contributed by atoms with Crippen molar-refractivity contribution in [1.29, 1.82) is 0 Å². The summed E-state index contributed by atoms with van der Waals surface area (Å²) in [6, 6.07) is 9.21. The van der Waals surface area contributed by atoms with E-state index in [-0.39, 0.29) is 10.6 Å². The molecule has 0 aliphatic heterocycles. The Kier molecular flexibility index (Phi) is 4.29. The lowest BCUT2D eigenvalue weighted by molar-refractivity contribution is -0.388. The highest BCUT2D eigenvalue weighted by Gasteiger charge is 2.19. The zero-order chi connectivity index (χ0) is 15.6. The molecular weight excluding hydrogens is 317 g/mol. The summed E-state index contributed by atoms with van der Waals surface area (Å²) in [4.78, 5) is 11.2. The average Bonchev–Trinajstić information content (AvgIpc) is 2.40. The molecule has 0 radical (unpaired) electrons. The fourth-order valence-electron chi connectivity index (χ4n) is 1.59. The van der Waals surface area contributed by atoms with Crippen molar-refractivity contribution in [2.45, 2.75) is 14.7 Å². The molecule has 0 aliphatic rings. The Bertz CT molecular complexity index is 788. The molecule has 110 valence electrons. The van der Waals surface area contributed by atoms with Crippen molar-refractivity contribution in [3.8, 4) is 0 Å². The Morgan fingerprint density at radius 3 is 2.29 bits per heavy atom. The number of hydrogen-bond donors (Lipinski definition) is 0. The molecule has 0 heterocycles. The fraction of sp³-hybridized carbons (Fsp3) is 0.0769. The number of rotatable bonds is 4. The molecular formula is C13H10FNO4S2. The number of nitro groups is 1. The first kappa shape index (κ1) is 15.5. The topological polar surface area (TPSA) is 77.3 Å². The second-order valence-corrected chi connectivity index (χ2v) is 7.35. The molecule has 0 aromatic heterocycles. The van der Waals surface area contributed by atoms with Gasteiger partial charge in [-0.25, -0.2) is 12.8 Å². The van der Waals surface area contributed by atoms with Crippen molar-refractivity contribution in [2.75, 3.05) is 6.26 Å². The van der Waals surface area contributed by atoms with Crippen LogP contribution in [0, 0.1) is 15.9 Å². The van der Waals surface area contributed by atoms with Crippen LogP contribution in [0.1, 0.15) is 0 Å². The van der Waals surface area contributed by atoms with E-state index in [0.29, 0.717) is 9.79 Å². The summed E-state index contributed by atoms with van der Waals surface area (Å²) < 4.78 is 35.7. The Morgan fingerprint density at radius 1 is 1.14 bits per heavy atom. The quantitative estimate of drug-likeness (QED) is 0.636. The molecule has 2 aromatic rings. The number of nitrogens with zero attached hydrogens (tertiary/aromatic N) is 1. The summed E-state index contributed by atoms with van der Waals surface area (Å²) in [7, 11) is -3.52. The average molecular weight is 327 g/mol. The predicted molar refractivity (Wildman–Crippen MR) is 76.7 cm³/mol. The van der Waals surface area contributed by atoms with E-state index in [9.17, 15) is 22.9 Å². The SMILES string of the molecule is CS(=O)(=O)c1ccc(Sc2ccc(F)cc2)c([N+](=O)[O-])c1. The van der Waals surface area contributed by atoms with Gasteiger partial charge in [0, 0.05) is 17.2 Å². The highest BCUT2D eigenvalue weighted by Crippen LogP contribution is 2.36. The van der Waals surface area contributed by atoms with E-state index in [1.165, 1.54) is 36.4 Å². The molecule has 0 spiro atoms. The maximum Gasteiger partial charge on any atom is 0.284 e. The van der Waals surface area contributed by atoms with Crippen molar-refractivity contribution in [3.05, 3.63) is 58.4 Å². The van der Waals surface area contributed by atoms with Gasteiger partial charge in [0.2, 0.25) is 0 Å². The van der Waals surface area contributed by atoms with Crippen molar-refractivity contribution < 1.29 is 17.7 Å². The molecule has 0 saturated heterocycles. The van der Waals surface area contributed by atoms with E-state index in [0.717, 1.165) is 24.1 Å². The van der Waals surface area contributed by atoms with Crippen LogP contribution >= 0.6 is 11.8 Å². The van der Waals surface area contributed by atoms with Crippen LogP contribution < -0.4 is 0 Å². The standard InChI is InChI=1S/C13H10FNO4S2/c1-21(18,19)11-6-7-13(12(8-11)15(16)17)20-10-4-2-9(14)3-5-10/h2-8H,1H3. The summed E-state index contributed by atoms with van der Waals surface area (Å²) >= 11 is 1.07. The summed E-state index contributed by atoms with van der Waals surface area (Å²) in [6.45, 7) is 0. The first-order valence-electron chi connectivity index (χ1n) is 5.69. The molecule has 21 heavy (non-hydrogen) atoms. The smallest absolute Gasteiger partial charge is 0.258 e. The molecule has 0 N–H and O–H groups in total. The van der Waals surface area contributed by atoms with Gasteiger partial charge in [-0.05, 0) is 36.4 Å². The molecule has 0 saturated carbocycles. The van der Waals surface area contributed by atoms with Crippen molar-refractivity contribution in [2.24, 2.45) is 0 Å². The van der Waals surface area contributed by atoms with Gasteiger partial charge in [-0.15, -0.1) is 0 Å². The van der Waals surface area contributed by atoms with E-state index in [2.05, 4.69) is 0 Å². The summed E-state index contributed by atoms with van der Waals surface area (Å²) in [5.74, 6) is -0.402. The lowest BCUT2D eigenvalue weighted by atomic mass is 10.3. The molecule has 0 aliphatic carbocycles. The van der Waals surface area contributed by atoms with Crippen LogP contribution in [0.4, 0.5) is 10.1 Å². The molecule has 2 aromatic carbocycles. The largest absolute Gasteiger partial charge is 0.284 e. The Balaban J connectivity index is 2.44. The van der Waals surface area contributed by atoms with Gasteiger partial charge in [-0.1, -0.05) is 11.8 Å². The van der Waals surface area contributed by atoms with E-state index in [1.54, 1.807) is 0 Å². The van der Waals surface area contributed by atoms with Gasteiger partial charge in [-0.3, -0.25) is 10.1 Å². The monoisotopic (exact) mass is 327 g/mol. The number of sulfone groups is 1. The van der Waals surface area contributed by atoms with Crippen LogP contribution in [0.15, 0.2) is 57.2 Å². The van der Waals surface area contributed by atoms with E-state index in [4.69, 9.17) is 0 Å². The summed E-state index contributed by atoms with van der Waals surface area (Å²) in [6.07, 6.45) is 0.985. The Morgan fingerprint density at radius 2 is 1.76 bits per heavy atom. The number of benzene rings is 2. The third-order valence-corrected chi connectivity index (χ3v) is 4.78. The van der Waals surface area contributed by atoms with Gasteiger partial charge in [-0.2, -0.15) is 0 Å². The predicted octanol–water partition coefficient (Wildman–Crippen LogP) is 3.29. The maximum atomic E-state index is 12.8. The molecule has 0 bridgehead atoms. The lowest BCUT2D eigenvalue weighted by Gasteiger charge is -2.05. The fourth-order valence-corrected chi connectivity index (χ4v) is 3.13. The van der Waals surface area contributed by atoms with Crippen LogP contribution in [0.2, 0.25) is 0 Å². The normalized spacial score (nSPS) is 11.3. The van der Waals surface area contributed by atoms with E-state index >= 15 is 0 Å². The van der Waals surface area contributed by atoms with Crippen LogP contribution in [-0.4, -0.2) is 19.6 Å². The maximum absolute atomic E-state index is 12.8. The van der Waals surface area contributed by atoms with Crippen LogP contribution in [0.3, 0.4) is 0 Å². The first-order chi connectivity index (χ1) is 9.77. The second kappa shape index (κ2) is 5.82. The van der Waals surface area contributed by atoms with Gasteiger partial charge in [0.05, 0.1) is 14.7 Å². The molecule has 0 amide bonds. The van der Waals surface area contributed by atoms with Crippen LogP contribution in [-0.2, 0) is 9.84 Å². The van der Waals surface area contributed by atoms with Gasteiger partial charge in [0.15, 0.2) is 9.84 Å². The molecule has 0 fully saturated rings. The van der Waals surface area contributed by atoms with Gasteiger partial charge in [0.1, 0.15) is 5.82 Å². The zero-order valence-corrected chi connectivity index (χ0v) is 12.4. The molecule has 0 unspecified atom stereocenters. The Hall–Kier alpha value is -1.93. The molecule has 0 atom stereocenters. The number of halogens is 1. The summed E-state index contributed by atoms with van der Waals surface area (Å²) in [5, 5.41) is 11.1. The van der Waals surface area contributed by atoms with Crippen LogP contribution in [0.5, 0.6) is 0 Å². The minimum absolute atomic E-state index is 0.113. The Labute approximate surface area is 124 Å². The lowest BCUT2D eigenvalue weighted by Crippen LogP contribution is -1.99. The highest BCUT2D eigenvalue weighted by molar-refractivity contribution is 7.99. The molecule has 8 heteroatoms. The third-order valence-electron chi connectivity index (χ3n) is 2.60. The number of nitro benzene ring substituents is 1. The first-order valence-corrected chi connectivity index (χ1v) is 8.40. The third kappa shape index (κ3) is 3.79. The van der Waals surface area contributed by atoms with Gasteiger partial charge < -0.3 is 0 Å². The molecule has 2 rings (SSSR count). The highest BCUT2D eigenvalue weighted by atomic mass is 32.2. The van der Waals surface area contributed by atoms with Gasteiger partial charge in [0.25, 0.3) is 5.69 Å². The minimum Gasteiger partial charge on any atom is -0.258 e. The second-order valence-electron chi connectivity index (χ2n) is 4.21. The minimum atomic E-state index is -3.52. The van der Waals surface area contributed by atoms with Crippen molar-refractivity contribution >= 4 is 27.3 Å². The zero-order valence-electron chi connectivity index (χ0n) is 10.8. The van der Waals surface area contributed by atoms with Crippen molar-refractivity contribution in [1.82, 2.24) is 0 Å². The van der Waals surface area contributed by atoms with Crippen molar-refractivity contribution in [3.63, 3.8) is 0 Å². The van der Waals surface area contributed by atoms with Gasteiger partial charge >= 0.3 is 0 Å². The summed E-state index contributed by atoms with van der Waals surface area (Å²) in [5.41, 5.74) is -0.299. The van der Waals surface area contributed by atoms with Crippen LogP contribution in [0.25, 0.3) is 0 Å². The van der Waals surface area contributed by atoms with E-state index in [1.807, 2.05) is 0 Å². The molecule has 5 nitrogen and oxygen atoms in total. The van der Waals surface area contributed by atoms with E-state index < -0.39 is 20.6 Å².